The van der Waals surface area contributed by atoms with Crippen LogP contribution >= 0.6 is 22.9 Å². The quantitative estimate of drug-likeness (QED) is 0.477. The first-order valence-electron chi connectivity index (χ1n) is 9.51. The summed E-state index contributed by atoms with van der Waals surface area (Å²) in [7, 11) is 1.56. The minimum Gasteiger partial charge on any atom is -0.497 e. The molecule has 0 saturated carbocycles. The number of methoxy groups -OCH3 is 1. The van der Waals surface area contributed by atoms with Crippen molar-refractivity contribution in [2.45, 2.75) is 26.7 Å². The fraction of sp³-hybridized carbons (Fsp3) is 0.227. The van der Waals surface area contributed by atoms with Crippen LogP contribution in [0.25, 0.3) is 10.1 Å². The van der Waals surface area contributed by atoms with E-state index in [4.69, 9.17) is 16.3 Å². The molecule has 9 heteroatoms. The molecule has 3 amide bonds. The molecule has 2 aromatic carbocycles. The summed E-state index contributed by atoms with van der Waals surface area (Å²) in [5, 5.41) is 3.82. The van der Waals surface area contributed by atoms with Gasteiger partial charge in [-0.15, -0.1) is 11.3 Å². The van der Waals surface area contributed by atoms with E-state index in [0.717, 1.165) is 21.2 Å². The van der Waals surface area contributed by atoms with Crippen LogP contribution < -0.4 is 20.9 Å². The lowest BCUT2D eigenvalue weighted by atomic mass is 10.1. The number of carbonyl (C=O) groups excluding carboxylic acids is 3. The second-order valence-electron chi connectivity index (χ2n) is 6.98. The van der Waals surface area contributed by atoms with Crippen LogP contribution in [0.1, 0.15) is 33.6 Å². The molecule has 3 N–H and O–H groups in total. The third-order valence-corrected chi connectivity index (χ3v) is 6.25. The summed E-state index contributed by atoms with van der Waals surface area (Å²) in [6, 6.07) is 11.0. The molecule has 3 aromatic rings. The van der Waals surface area contributed by atoms with E-state index in [1.165, 1.54) is 11.3 Å². The van der Waals surface area contributed by atoms with Crippen LogP contribution in [-0.2, 0) is 9.59 Å². The Labute approximate surface area is 188 Å². The fourth-order valence-electron chi connectivity index (χ4n) is 2.96. The number of benzene rings is 2. The van der Waals surface area contributed by atoms with Crippen molar-refractivity contribution in [3.63, 3.8) is 0 Å². The summed E-state index contributed by atoms with van der Waals surface area (Å²) >= 11 is 7.50. The summed E-state index contributed by atoms with van der Waals surface area (Å²) in [5.74, 6) is -0.638. The molecule has 0 saturated heterocycles. The van der Waals surface area contributed by atoms with E-state index in [2.05, 4.69) is 16.2 Å². The van der Waals surface area contributed by atoms with Gasteiger partial charge < -0.3 is 10.1 Å². The van der Waals surface area contributed by atoms with E-state index in [1.54, 1.807) is 25.3 Å². The van der Waals surface area contributed by atoms with Gasteiger partial charge in [0.25, 0.3) is 5.91 Å². The van der Waals surface area contributed by atoms with Crippen molar-refractivity contribution >= 4 is 56.4 Å². The minimum atomic E-state index is -0.529. The SMILES string of the molecule is COc1ccc2c(Cl)c(C(=O)NNC(=O)CCC(=O)Nc3ccc(C)cc3C)sc2c1. The number of nitrogens with one attached hydrogen (secondary N) is 3. The average Bonchev–Trinajstić information content (AvgIpc) is 3.08. The number of halogens is 1. The van der Waals surface area contributed by atoms with Gasteiger partial charge in [0.05, 0.1) is 12.1 Å². The van der Waals surface area contributed by atoms with Gasteiger partial charge in [0.2, 0.25) is 11.8 Å². The lowest BCUT2D eigenvalue weighted by Crippen LogP contribution is -2.41. The Bertz CT molecular complexity index is 1160. The molecule has 0 fully saturated rings. The maximum absolute atomic E-state index is 12.4. The third-order valence-electron chi connectivity index (χ3n) is 4.59. The number of amides is 3. The van der Waals surface area contributed by atoms with Crippen molar-refractivity contribution in [3.8, 4) is 5.75 Å². The number of ether oxygens (including phenoxy) is 1. The number of hydrazine groups is 1. The van der Waals surface area contributed by atoms with Crippen LogP contribution in [0.4, 0.5) is 5.69 Å². The van der Waals surface area contributed by atoms with Gasteiger partial charge in [-0.1, -0.05) is 29.3 Å². The van der Waals surface area contributed by atoms with Gasteiger partial charge in [0.15, 0.2) is 0 Å². The van der Waals surface area contributed by atoms with Crippen LogP contribution in [0.2, 0.25) is 5.02 Å². The summed E-state index contributed by atoms with van der Waals surface area (Å²) in [4.78, 5) is 36.8. The van der Waals surface area contributed by atoms with Crippen molar-refractivity contribution in [1.29, 1.82) is 0 Å². The molecule has 1 heterocycles. The highest BCUT2D eigenvalue weighted by Crippen LogP contribution is 2.37. The predicted octanol–water partition coefficient (Wildman–Crippen LogP) is 4.36. The second kappa shape index (κ2) is 9.80. The Kier molecular flexibility index (Phi) is 7.14. The van der Waals surface area contributed by atoms with Gasteiger partial charge in [-0.3, -0.25) is 25.2 Å². The number of carbonyl (C=O) groups is 3. The lowest BCUT2D eigenvalue weighted by Gasteiger charge is -2.09. The van der Waals surface area contributed by atoms with Crippen LogP contribution in [-0.4, -0.2) is 24.8 Å². The van der Waals surface area contributed by atoms with Gasteiger partial charge in [-0.05, 0) is 43.7 Å². The summed E-state index contributed by atoms with van der Waals surface area (Å²) in [6.45, 7) is 3.88. The van der Waals surface area contributed by atoms with Crippen molar-refractivity contribution in [1.82, 2.24) is 10.9 Å². The number of hydrogen-bond donors (Lipinski definition) is 3. The Morgan fingerprint density at radius 2 is 1.74 bits per heavy atom. The zero-order valence-corrected chi connectivity index (χ0v) is 18.9. The Hall–Kier alpha value is -3.10. The first-order chi connectivity index (χ1) is 14.8. The highest BCUT2D eigenvalue weighted by molar-refractivity contribution is 7.21. The molecule has 7 nitrogen and oxygen atoms in total. The average molecular weight is 460 g/mol. The third kappa shape index (κ3) is 5.53. The van der Waals surface area contributed by atoms with Crippen LogP contribution in [0, 0.1) is 13.8 Å². The Morgan fingerprint density at radius 1 is 1.00 bits per heavy atom. The Morgan fingerprint density at radius 3 is 2.45 bits per heavy atom. The van der Waals surface area contributed by atoms with Crippen LogP contribution in [0.3, 0.4) is 0 Å². The van der Waals surface area contributed by atoms with Crippen molar-refractivity contribution < 1.29 is 19.1 Å². The van der Waals surface area contributed by atoms with E-state index in [0.29, 0.717) is 16.5 Å². The highest BCUT2D eigenvalue weighted by atomic mass is 35.5. The van der Waals surface area contributed by atoms with Crippen molar-refractivity contribution in [3.05, 3.63) is 57.4 Å². The predicted molar refractivity (Wildman–Crippen MR) is 123 cm³/mol. The zero-order chi connectivity index (χ0) is 22.5. The number of fused-ring (bicyclic) bond motifs is 1. The second-order valence-corrected chi connectivity index (χ2v) is 8.41. The molecule has 0 atom stereocenters. The monoisotopic (exact) mass is 459 g/mol. The van der Waals surface area contributed by atoms with Gasteiger partial charge >= 0.3 is 0 Å². The smallest absolute Gasteiger partial charge is 0.281 e. The molecule has 162 valence electrons. The maximum Gasteiger partial charge on any atom is 0.281 e. The van der Waals surface area contributed by atoms with E-state index in [9.17, 15) is 14.4 Å². The van der Waals surface area contributed by atoms with Crippen molar-refractivity contribution in [2.24, 2.45) is 0 Å². The van der Waals surface area contributed by atoms with E-state index in [1.807, 2.05) is 32.0 Å². The summed E-state index contributed by atoms with van der Waals surface area (Å²) in [6.07, 6.45) is -0.0904. The Balaban J connectivity index is 1.51. The van der Waals surface area contributed by atoms with E-state index >= 15 is 0 Å². The number of thiophene rings is 1. The molecule has 0 unspecified atom stereocenters. The van der Waals surface area contributed by atoms with Crippen LogP contribution in [0.15, 0.2) is 36.4 Å². The normalized spacial score (nSPS) is 10.6. The molecule has 0 aliphatic rings. The van der Waals surface area contributed by atoms with Crippen molar-refractivity contribution in [2.75, 3.05) is 12.4 Å². The van der Waals surface area contributed by atoms with Crippen LogP contribution in [0.5, 0.6) is 5.75 Å². The fourth-order valence-corrected chi connectivity index (χ4v) is 4.40. The number of rotatable bonds is 6. The maximum atomic E-state index is 12.4. The number of anilines is 1. The molecule has 0 aliphatic heterocycles. The van der Waals surface area contributed by atoms with E-state index < -0.39 is 11.8 Å². The lowest BCUT2D eigenvalue weighted by molar-refractivity contribution is -0.124. The summed E-state index contributed by atoms with van der Waals surface area (Å²) < 4.78 is 5.97. The number of aryl methyl sites for hydroxylation is 2. The zero-order valence-electron chi connectivity index (χ0n) is 17.3. The summed E-state index contributed by atoms with van der Waals surface area (Å²) in [5.41, 5.74) is 7.42. The molecule has 0 aliphatic carbocycles. The number of hydrogen-bond acceptors (Lipinski definition) is 5. The molecule has 1 aromatic heterocycles. The van der Waals surface area contributed by atoms with Gasteiger partial charge in [-0.2, -0.15) is 0 Å². The standard InChI is InChI=1S/C22H22ClN3O4S/c1-12-4-7-16(13(2)10-12)24-18(27)8-9-19(28)25-26-22(29)21-20(23)15-6-5-14(30-3)11-17(15)31-21/h4-7,10-11H,8-9H2,1-3H3,(H,24,27)(H,25,28)(H,26,29). The topological polar surface area (TPSA) is 96.5 Å². The highest BCUT2D eigenvalue weighted by Gasteiger charge is 2.18. The molecule has 31 heavy (non-hydrogen) atoms. The minimum absolute atomic E-state index is 0.0154. The van der Waals surface area contributed by atoms with E-state index in [-0.39, 0.29) is 23.6 Å². The first-order valence-corrected chi connectivity index (χ1v) is 10.7. The molecular weight excluding hydrogens is 438 g/mol. The van der Waals surface area contributed by atoms with Gasteiger partial charge in [0, 0.05) is 28.6 Å². The molecular formula is C22H22ClN3O4S. The molecule has 0 radical (unpaired) electrons. The molecule has 0 spiro atoms. The van der Waals surface area contributed by atoms with Gasteiger partial charge in [-0.25, -0.2) is 0 Å². The van der Waals surface area contributed by atoms with Gasteiger partial charge in [0.1, 0.15) is 10.6 Å². The largest absolute Gasteiger partial charge is 0.497 e. The first kappa shape index (κ1) is 22.6. The molecule has 3 rings (SSSR count). The molecule has 0 bridgehead atoms.